The molecule has 2 nitrogen and oxygen atoms in total. The van der Waals surface area contributed by atoms with Crippen LogP contribution in [0.2, 0.25) is 0 Å². The highest BCUT2D eigenvalue weighted by molar-refractivity contribution is 5.25. The summed E-state index contributed by atoms with van der Waals surface area (Å²) < 4.78 is 26.0. The number of nitrogens with zero attached hydrogens (tertiary/aromatic N) is 1. The summed E-state index contributed by atoms with van der Waals surface area (Å²) in [5, 5.41) is 12.2. The van der Waals surface area contributed by atoms with E-state index in [0.29, 0.717) is 12.1 Å². The number of hydrogen-bond acceptors (Lipinski definition) is 2. The largest absolute Gasteiger partial charge is 0.298 e. The monoisotopic (exact) mass is 276 g/mol. The van der Waals surface area contributed by atoms with Crippen molar-refractivity contribution in [3.8, 4) is 6.07 Å². The molecule has 1 aromatic rings. The van der Waals surface area contributed by atoms with Crippen LogP contribution in [0.25, 0.3) is 0 Å². The van der Waals surface area contributed by atoms with Gasteiger partial charge in [-0.3, -0.25) is 5.32 Å². The Bertz CT molecular complexity index is 532. The van der Waals surface area contributed by atoms with Gasteiger partial charge in [0.05, 0.1) is 6.07 Å². The minimum absolute atomic E-state index is 0.462. The molecule has 0 aromatic heterocycles. The van der Waals surface area contributed by atoms with E-state index in [0.717, 1.165) is 31.4 Å². The van der Waals surface area contributed by atoms with Crippen LogP contribution < -0.4 is 5.32 Å². The fourth-order valence-corrected chi connectivity index (χ4v) is 2.44. The number of hydrogen-bond donors (Lipinski definition) is 1. The Morgan fingerprint density at radius 1 is 1.25 bits per heavy atom. The van der Waals surface area contributed by atoms with Crippen LogP contribution in [0.5, 0.6) is 0 Å². The maximum atomic E-state index is 13.2. The fourth-order valence-electron chi connectivity index (χ4n) is 2.44. The molecule has 0 fully saturated rings. The predicted octanol–water partition coefficient (Wildman–Crippen LogP) is 4.01. The molecule has 0 spiro atoms. The summed E-state index contributed by atoms with van der Waals surface area (Å²) in [5.41, 5.74) is 1.88. The highest BCUT2D eigenvalue weighted by Crippen LogP contribution is 2.20. The Balaban J connectivity index is 1.90. The Labute approximate surface area is 118 Å². The van der Waals surface area contributed by atoms with E-state index in [4.69, 9.17) is 5.26 Å². The van der Waals surface area contributed by atoms with Crippen molar-refractivity contribution >= 4 is 0 Å². The van der Waals surface area contributed by atoms with Crippen molar-refractivity contribution in [3.63, 3.8) is 0 Å². The first kappa shape index (κ1) is 14.7. The zero-order valence-electron chi connectivity index (χ0n) is 11.3. The number of nitriles is 1. The summed E-state index contributed by atoms with van der Waals surface area (Å²) in [6.45, 7) is 0.670. The van der Waals surface area contributed by atoms with Crippen LogP contribution >= 0.6 is 0 Å². The average molecular weight is 276 g/mol. The van der Waals surface area contributed by atoms with Gasteiger partial charge in [0.15, 0.2) is 11.6 Å². The number of allylic oxidation sites excluding steroid dienone is 1. The average Bonchev–Trinajstić information content (AvgIpc) is 2.48. The SMILES string of the molecule is N#CC(NCCC1=CCCCC1)c1ccc(F)c(F)c1. The van der Waals surface area contributed by atoms with E-state index in [-0.39, 0.29) is 0 Å². The first-order chi connectivity index (χ1) is 9.70. The lowest BCUT2D eigenvalue weighted by Gasteiger charge is -2.15. The van der Waals surface area contributed by atoms with Crippen molar-refractivity contribution in [1.29, 1.82) is 5.26 Å². The molecule has 0 heterocycles. The normalized spacial score (nSPS) is 16.4. The van der Waals surface area contributed by atoms with Gasteiger partial charge in [-0.05, 0) is 49.8 Å². The molecule has 0 saturated heterocycles. The molecule has 1 atom stereocenters. The molecule has 1 aromatic carbocycles. The molecule has 0 amide bonds. The van der Waals surface area contributed by atoms with Gasteiger partial charge in [0.1, 0.15) is 6.04 Å². The minimum atomic E-state index is -0.917. The quantitative estimate of drug-likeness (QED) is 0.825. The van der Waals surface area contributed by atoms with Crippen molar-refractivity contribution < 1.29 is 8.78 Å². The third kappa shape index (κ3) is 3.88. The molecule has 0 radical (unpaired) electrons. The molecule has 1 aliphatic carbocycles. The van der Waals surface area contributed by atoms with E-state index in [1.165, 1.54) is 24.5 Å². The highest BCUT2D eigenvalue weighted by atomic mass is 19.2. The molecule has 4 heteroatoms. The van der Waals surface area contributed by atoms with E-state index in [2.05, 4.69) is 17.5 Å². The Morgan fingerprint density at radius 3 is 2.75 bits per heavy atom. The van der Waals surface area contributed by atoms with Crippen LogP contribution in [-0.2, 0) is 0 Å². The molecule has 0 bridgehead atoms. The fraction of sp³-hybridized carbons (Fsp3) is 0.438. The van der Waals surface area contributed by atoms with Crippen LogP contribution in [0.1, 0.15) is 43.7 Å². The third-order valence-electron chi connectivity index (χ3n) is 3.59. The number of halogens is 2. The maximum Gasteiger partial charge on any atom is 0.159 e. The van der Waals surface area contributed by atoms with Gasteiger partial charge in [-0.15, -0.1) is 0 Å². The van der Waals surface area contributed by atoms with Crippen molar-refractivity contribution in [2.45, 2.75) is 38.1 Å². The van der Waals surface area contributed by atoms with Crippen molar-refractivity contribution in [3.05, 3.63) is 47.0 Å². The zero-order valence-corrected chi connectivity index (χ0v) is 11.3. The van der Waals surface area contributed by atoms with Gasteiger partial charge >= 0.3 is 0 Å². The zero-order chi connectivity index (χ0) is 14.4. The lowest BCUT2D eigenvalue weighted by molar-refractivity contribution is 0.504. The molecule has 0 aliphatic heterocycles. The molecule has 2 rings (SSSR count). The van der Waals surface area contributed by atoms with Crippen LogP contribution in [-0.4, -0.2) is 6.54 Å². The summed E-state index contributed by atoms with van der Waals surface area (Å²) in [6, 6.07) is 5.06. The van der Waals surface area contributed by atoms with Gasteiger partial charge in [-0.2, -0.15) is 5.26 Å². The number of nitrogens with one attached hydrogen (secondary N) is 1. The Hall–Kier alpha value is -1.73. The molecular formula is C16H18F2N2. The second-order valence-electron chi connectivity index (χ2n) is 5.05. The molecule has 0 saturated carbocycles. The molecule has 20 heavy (non-hydrogen) atoms. The van der Waals surface area contributed by atoms with Crippen molar-refractivity contribution in [2.75, 3.05) is 6.54 Å². The highest BCUT2D eigenvalue weighted by Gasteiger charge is 2.13. The molecular weight excluding hydrogens is 258 g/mol. The molecule has 1 unspecified atom stereocenters. The van der Waals surface area contributed by atoms with Crippen molar-refractivity contribution in [2.24, 2.45) is 0 Å². The number of rotatable bonds is 5. The Morgan fingerprint density at radius 2 is 2.10 bits per heavy atom. The summed E-state index contributed by atoms with van der Waals surface area (Å²) in [4.78, 5) is 0. The third-order valence-corrected chi connectivity index (χ3v) is 3.59. The van der Waals surface area contributed by atoms with E-state index in [1.807, 2.05) is 0 Å². The van der Waals surface area contributed by atoms with Gasteiger partial charge in [0, 0.05) is 6.54 Å². The first-order valence-corrected chi connectivity index (χ1v) is 6.96. The topological polar surface area (TPSA) is 35.8 Å². The minimum Gasteiger partial charge on any atom is -0.298 e. The van der Waals surface area contributed by atoms with Gasteiger partial charge < -0.3 is 0 Å². The first-order valence-electron chi connectivity index (χ1n) is 6.96. The van der Waals surface area contributed by atoms with Crippen LogP contribution in [0.3, 0.4) is 0 Å². The van der Waals surface area contributed by atoms with Crippen LogP contribution in [0, 0.1) is 23.0 Å². The smallest absolute Gasteiger partial charge is 0.159 e. The summed E-state index contributed by atoms with van der Waals surface area (Å²) in [6.07, 6.45) is 7.93. The lowest BCUT2D eigenvalue weighted by Crippen LogP contribution is -2.22. The van der Waals surface area contributed by atoms with Crippen LogP contribution in [0.15, 0.2) is 29.8 Å². The maximum absolute atomic E-state index is 13.2. The van der Waals surface area contributed by atoms with Gasteiger partial charge in [0.25, 0.3) is 0 Å². The second-order valence-corrected chi connectivity index (χ2v) is 5.05. The molecule has 1 aliphatic rings. The van der Waals surface area contributed by atoms with Gasteiger partial charge in [-0.25, -0.2) is 8.78 Å². The predicted molar refractivity (Wildman–Crippen MR) is 73.9 cm³/mol. The molecule has 106 valence electrons. The van der Waals surface area contributed by atoms with E-state index in [9.17, 15) is 8.78 Å². The second kappa shape index (κ2) is 7.16. The summed E-state index contributed by atoms with van der Waals surface area (Å²) >= 11 is 0. The summed E-state index contributed by atoms with van der Waals surface area (Å²) in [7, 11) is 0. The van der Waals surface area contributed by atoms with Crippen molar-refractivity contribution in [1.82, 2.24) is 5.32 Å². The lowest BCUT2D eigenvalue weighted by atomic mass is 9.97. The standard InChI is InChI=1S/C16H18F2N2/c17-14-7-6-13(10-15(14)18)16(11-19)20-9-8-12-4-2-1-3-5-12/h4,6-7,10,16,20H,1-3,5,8-9H2. The number of benzene rings is 1. The molecule has 1 N–H and O–H groups in total. The van der Waals surface area contributed by atoms with Gasteiger partial charge in [-0.1, -0.05) is 17.7 Å². The van der Waals surface area contributed by atoms with E-state index in [1.54, 1.807) is 0 Å². The van der Waals surface area contributed by atoms with Gasteiger partial charge in [0.2, 0.25) is 0 Å². The Kier molecular flexibility index (Phi) is 5.25. The summed E-state index contributed by atoms with van der Waals surface area (Å²) in [5.74, 6) is -1.81. The van der Waals surface area contributed by atoms with Crippen LogP contribution in [0.4, 0.5) is 8.78 Å². The van der Waals surface area contributed by atoms with E-state index < -0.39 is 17.7 Å². The van der Waals surface area contributed by atoms with E-state index >= 15 is 0 Å².